The Morgan fingerprint density at radius 2 is 2.08 bits per heavy atom. The lowest BCUT2D eigenvalue weighted by molar-refractivity contribution is -0.117. The van der Waals surface area contributed by atoms with Crippen LogP contribution in [-0.4, -0.2) is 34.6 Å². The zero-order valence-corrected chi connectivity index (χ0v) is 16.1. The summed E-state index contributed by atoms with van der Waals surface area (Å²) in [7, 11) is 1.86. The number of benzene rings is 1. The summed E-state index contributed by atoms with van der Waals surface area (Å²) in [5.41, 5.74) is 3.07. The highest BCUT2D eigenvalue weighted by Gasteiger charge is 2.21. The summed E-state index contributed by atoms with van der Waals surface area (Å²) < 4.78 is 5.76. The maximum atomic E-state index is 12.4. The number of anilines is 1. The Bertz CT molecular complexity index is 889. The second-order valence-corrected chi connectivity index (χ2v) is 7.26. The third kappa shape index (κ3) is 4.00. The van der Waals surface area contributed by atoms with Gasteiger partial charge in [-0.1, -0.05) is 18.2 Å². The van der Waals surface area contributed by atoms with E-state index in [2.05, 4.69) is 15.5 Å². The molecule has 1 atom stereocenters. The van der Waals surface area contributed by atoms with Crippen LogP contribution in [0.4, 0.5) is 5.69 Å². The fraction of sp³-hybridized carbons (Fsp3) is 0.316. The second-order valence-electron chi connectivity index (χ2n) is 6.31. The maximum absolute atomic E-state index is 12.4. The van der Waals surface area contributed by atoms with Crippen LogP contribution in [0.2, 0.25) is 0 Å². The van der Waals surface area contributed by atoms with Crippen molar-refractivity contribution in [3.8, 4) is 10.8 Å². The van der Waals surface area contributed by atoms with E-state index in [4.69, 9.17) is 4.42 Å². The van der Waals surface area contributed by atoms with E-state index in [9.17, 15) is 4.79 Å². The van der Waals surface area contributed by atoms with Crippen LogP contribution in [0, 0.1) is 13.8 Å². The largest absolute Gasteiger partial charge is 0.418 e. The van der Waals surface area contributed by atoms with E-state index in [0.717, 1.165) is 21.7 Å². The zero-order chi connectivity index (χ0) is 18.7. The number of aryl methyl sites for hydroxylation is 1. The summed E-state index contributed by atoms with van der Waals surface area (Å²) in [5, 5.41) is 13.2. The SMILES string of the molecule is Cc1cccc(NC(=O)CN(C)[C@H](C)c2nnc(-c3cccs3)o2)c1C. The molecule has 7 heteroatoms. The lowest BCUT2D eigenvalue weighted by Crippen LogP contribution is -2.32. The molecule has 6 nitrogen and oxygen atoms in total. The van der Waals surface area contributed by atoms with Gasteiger partial charge in [-0.3, -0.25) is 9.69 Å². The molecule has 0 aliphatic heterocycles. The molecule has 0 unspecified atom stereocenters. The van der Waals surface area contributed by atoms with Crippen molar-refractivity contribution in [1.82, 2.24) is 15.1 Å². The summed E-state index contributed by atoms with van der Waals surface area (Å²) in [6.45, 7) is 6.20. The standard InChI is InChI=1S/C19H22N4O2S/c1-12-7-5-8-15(13(12)2)20-17(24)11-23(4)14(3)18-21-22-19(25-18)16-9-6-10-26-16/h5-10,14H,11H2,1-4H3,(H,20,24)/t14-/m1/s1. The Morgan fingerprint density at radius 1 is 1.27 bits per heavy atom. The minimum Gasteiger partial charge on any atom is -0.418 e. The monoisotopic (exact) mass is 370 g/mol. The quantitative estimate of drug-likeness (QED) is 0.709. The molecule has 3 rings (SSSR count). The van der Waals surface area contributed by atoms with Crippen molar-refractivity contribution in [2.75, 3.05) is 18.9 Å². The predicted octanol–water partition coefficient (Wildman–Crippen LogP) is 4.05. The summed E-state index contributed by atoms with van der Waals surface area (Å²) in [5.74, 6) is 0.927. The van der Waals surface area contributed by atoms with Crippen molar-refractivity contribution < 1.29 is 9.21 Å². The van der Waals surface area contributed by atoms with Crippen molar-refractivity contribution in [3.63, 3.8) is 0 Å². The van der Waals surface area contributed by atoms with E-state index in [-0.39, 0.29) is 18.5 Å². The van der Waals surface area contributed by atoms with Crippen LogP contribution in [0.1, 0.15) is 30.0 Å². The van der Waals surface area contributed by atoms with Crippen molar-refractivity contribution in [3.05, 3.63) is 52.7 Å². The van der Waals surface area contributed by atoms with Crippen molar-refractivity contribution in [2.24, 2.45) is 0 Å². The molecule has 1 aromatic carbocycles. The topological polar surface area (TPSA) is 71.3 Å². The molecule has 136 valence electrons. The Labute approximate surface area is 156 Å². The number of nitrogens with one attached hydrogen (secondary N) is 1. The number of carbonyl (C=O) groups is 1. The third-order valence-corrected chi connectivity index (χ3v) is 5.32. The van der Waals surface area contributed by atoms with Crippen LogP contribution in [0.15, 0.2) is 40.1 Å². The van der Waals surface area contributed by atoms with Gasteiger partial charge in [0.15, 0.2) is 0 Å². The normalized spacial score (nSPS) is 12.3. The van der Waals surface area contributed by atoms with E-state index >= 15 is 0 Å². The molecule has 0 radical (unpaired) electrons. The van der Waals surface area contributed by atoms with Gasteiger partial charge < -0.3 is 9.73 Å². The Hall–Kier alpha value is -2.51. The zero-order valence-electron chi connectivity index (χ0n) is 15.3. The van der Waals surface area contributed by atoms with Crippen molar-refractivity contribution in [1.29, 1.82) is 0 Å². The van der Waals surface area contributed by atoms with Gasteiger partial charge >= 0.3 is 0 Å². The maximum Gasteiger partial charge on any atom is 0.257 e. The van der Waals surface area contributed by atoms with Gasteiger partial charge in [-0.2, -0.15) is 0 Å². The fourth-order valence-electron chi connectivity index (χ4n) is 2.53. The smallest absolute Gasteiger partial charge is 0.257 e. The van der Waals surface area contributed by atoms with E-state index < -0.39 is 0 Å². The number of aromatic nitrogens is 2. The number of amides is 1. The second kappa shape index (κ2) is 7.80. The van der Waals surface area contributed by atoms with Crippen molar-refractivity contribution >= 4 is 22.9 Å². The number of thiophene rings is 1. The minimum atomic E-state index is -0.166. The molecular weight excluding hydrogens is 348 g/mol. The summed E-state index contributed by atoms with van der Waals surface area (Å²) in [6.07, 6.45) is 0. The first-order valence-electron chi connectivity index (χ1n) is 8.39. The van der Waals surface area contributed by atoms with Crippen LogP contribution >= 0.6 is 11.3 Å². The molecule has 26 heavy (non-hydrogen) atoms. The Kier molecular flexibility index (Phi) is 5.49. The molecule has 0 aliphatic rings. The Balaban J connectivity index is 1.63. The molecule has 0 aliphatic carbocycles. The van der Waals surface area contributed by atoms with Crippen LogP contribution < -0.4 is 5.32 Å². The summed E-state index contributed by atoms with van der Waals surface area (Å²) in [4.78, 5) is 15.2. The molecule has 2 aromatic heterocycles. The van der Waals surface area contributed by atoms with E-state index in [1.165, 1.54) is 0 Å². The first kappa shape index (κ1) is 18.3. The molecule has 0 saturated heterocycles. The highest BCUT2D eigenvalue weighted by molar-refractivity contribution is 7.13. The van der Waals surface area contributed by atoms with Gasteiger partial charge in [-0.15, -0.1) is 21.5 Å². The molecule has 1 N–H and O–H groups in total. The van der Waals surface area contributed by atoms with Gasteiger partial charge in [-0.05, 0) is 56.5 Å². The summed E-state index contributed by atoms with van der Waals surface area (Å²) in [6, 6.07) is 9.59. The highest BCUT2D eigenvalue weighted by Crippen LogP contribution is 2.26. The van der Waals surface area contributed by atoms with Gasteiger partial charge in [0, 0.05) is 5.69 Å². The number of hydrogen-bond acceptors (Lipinski definition) is 6. The minimum absolute atomic E-state index is 0.0777. The molecule has 0 spiro atoms. The average molecular weight is 370 g/mol. The molecule has 1 amide bonds. The van der Waals surface area contributed by atoms with Crippen LogP contribution in [0.3, 0.4) is 0 Å². The van der Waals surface area contributed by atoms with Crippen LogP contribution in [-0.2, 0) is 4.79 Å². The number of carbonyl (C=O) groups excluding carboxylic acids is 1. The molecule has 0 bridgehead atoms. The molecular formula is C19H22N4O2S. The van der Waals surface area contributed by atoms with Crippen molar-refractivity contribution in [2.45, 2.75) is 26.8 Å². The molecule has 2 heterocycles. The van der Waals surface area contributed by atoms with Crippen LogP contribution in [0.25, 0.3) is 10.8 Å². The lowest BCUT2D eigenvalue weighted by atomic mass is 10.1. The predicted molar refractivity (Wildman–Crippen MR) is 103 cm³/mol. The van der Waals surface area contributed by atoms with Gasteiger partial charge in [0.1, 0.15) is 0 Å². The Morgan fingerprint density at radius 3 is 2.81 bits per heavy atom. The fourth-order valence-corrected chi connectivity index (χ4v) is 3.18. The third-order valence-electron chi connectivity index (χ3n) is 4.46. The molecule has 0 saturated carbocycles. The summed E-state index contributed by atoms with van der Waals surface area (Å²) >= 11 is 1.55. The van der Waals surface area contributed by atoms with Crippen LogP contribution in [0.5, 0.6) is 0 Å². The number of likely N-dealkylation sites (N-methyl/N-ethyl adjacent to an activating group) is 1. The van der Waals surface area contributed by atoms with Gasteiger partial charge in [0.05, 0.1) is 17.5 Å². The van der Waals surface area contributed by atoms with E-state index in [0.29, 0.717) is 11.8 Å². The first-order chi connectivity index (χ1) is 12.5. The first-order valence-corrected chi connectivity index (χ1v) is 9.27. The number of rotatable bonds is 6. The molecule has 3 aromatic rings. The number of hydrogen-bond donors (Lipinski definition) is 1. The van der Waals surface area contributed by atoms with E-state index in [1.807, 2.05) is 68.4 Å². The molecule has 0 fully saturated rings. The lowest BCUT2D eigenvalue weighted by Gasteiger charge is -2.21. The van der Waals surface area contributed by atoms with Gasteiger partial charge in [0.2, 0.25) is 11.8 Å². The number of nitrogens with zero attached hydrogens (tertiary/aromatic N) is 3. The average Bonchev–Trinajstić information content (AvgIpc) is 3.29. The van der Waals surface area contributed by atoms with E-state index in [1.54, 1.807) is 11.3 Å². The van der Waals surface area contributed by atoms with Gasteiger partial charge in [0.25, 0.3) is 5.89 Å². The highest BCUT2D eigenvalue weighted by atomic mass is 32.1. The van der Waals surface area contributed by atoms with Gasteiger partial charge in [-0.25, -0.2) is 0 Å².